The van der Waals surface area contributed by atoms with Gasteiger partial charge in [-0.15, -0.1) is 0 Å². The second-order valence-corrected chi connectivity index (χ2v) is 3.32. The van der Waals surface area contributed by atoms with E-state index in [2.05, 4.69) is 39.8 Å². The van der Waals surface area contributed by atoms with Gasteiger partial charge in [-0.05, 0) is 25.7 Å². The summed E-state index contributed by atoms with van der Waals surface area (Å²) < 4.78 is 5.22. The molecule has 0 radical (unpaired) electrons. The first-order valence-corrected chi connectivity index (χ1v) is 5.60. The monoisotopic (exact) mass is 184 g/mol. The van der Waals surface area contributed by atoms with Gasteiger partial charge in [-0.25, -0.2) is 0 Å². The molecule has 1 rings (SSSR count). The van der Waals surface area contributed by atoms with Gasteiger partial charge in [-0.3, -0.25) is 0 Å². The molecule has 0 bridgehead atoms. The number of hydrogen-bond donors (Lipinski definition) is 0. The second-order valence-electron chi connectivity index (χ2n) is 3.32. The molecule has 1 saturated heterocycles. The van der Waals surface area contributed by atoms with E-state index < -0.39 is 0 Å². The molecule has 1 fully saturated rings. The van der Waals surface area contributed by atoms with E-state index in [9.17, 15) is 0 Å². The van der Waals surface area contributed by atoms with E-state index in [-0.39, 0.29) is 0 Å². The molecule has 78 valence electrons. The molecule has 0 aliphatic carbocycles. The van der Waals surface area contributed by atoms with Gasteiger partial charge in [-0.1, -0.05) is 39.8 Å². The average molecular weight is 184 g/mol. The van der Waals surface area contributed by atoms with Crippen LogP contribution in [0, 0.1) is 0 Å². The van der Waals surface area contributed by atoms with Gasteiger partial charge in [0.25, 0.3) is 0 Å². The molecular formula is C12H24O. The highest BCUT2D eigenvalue weighted by atomic mass is 16.6. The first-order valence-electron chi connectivity index (χ1n) is 5.60. The van der Waals surface area contributed by atoms with Crippen LogP contribution in [0.5, 0.6) is 0 Å². The van der Waals surface area contributed by atoms with Crippen LogP contribution in [0.1, 0.15) is 53.4 Å². The van der Waals surface area contributed by atoms with Crippen molar-refractivity contribution in [3.63, 3.8) is 0 Å². The number of hydrogen-bond acceptors (Lipinski definition) is 1. The van der Waals surface area contributed by atoms with E-state index in [1.54, 1.807) is 0 Å². The highest BCUT2D eigenvalue weighted by Gasteiger charge is 2.34. The minimum absolute atomic E-state index is 0.616. The summed E-state index contributed by atoms with van der Waals surface area (Å²) in [6.07, 6.45) is 10.3. The fraction of sp³-hybridized carbons (Fsp3) is 0.833. The molecule has 0 aromatic heterocycles. The fourth-order valence-electron chi connectivity index (χ4n) is 1.23. The Morgan fingerprint density at radius 3 is 1.38 bits per heavy atom. The maximum absolute atomic E-state index is 5.22. The maximum atomic E-state index is 5.22. The molecule has 0 amide bonds. The molecule has 2 unspecified atom stereocenters. The molecule has 2 atom stereocenters. The topological polar surface area (TPSA) is 12.5 Å². The quantitative estimate of drug-likeness (QED) is 0.476. The molecule has 1 aliphatic rings. The van der Waals surface area contributed by atoms with Crippen LogP contribution < -0.4 is 0 Å². The Bertz CT molecular complexity index is 115. The third kappa shape index (κ3) is 6.83. The van der Waals surface area contributed by atoms with E-state index in [0.29, 0.717) is 12.2 Å². The molecule has 0 N–H and O–H groups in total. The summed E-state index contributed by atoms with van der Waals surface area (Å²) in [5.74, 6) is 0. The number of ether oxygens (including phenoxy) is 1. The Kier molecular flexibility index (Phi) is 8.11. The van der Waals surface area contributed by atoms with Crippen LogP contribution in [-0.4, -0.2) is 12.2 Å². The summed E-state index contributed by atoms with van der Waals surface area (Å²) in [4.78, 5) is 0. The fourth-order valence-corrected chi connectivity index (χ4v) is 1.23. The summed E-state index contributed by atoms with van der Waals surface area (Å²) in [7, 11) is 0. The van der Waals surface area contributed by atoms with E-state index in [4.69, 9.17) is 4.74 Å². The predicted octanol–water partition coefficient (Wildman–Crippen LogP) is 3.94. The number of allylic oxidation sites excluding steroid dienone is 2. The van der Waals surface area contributed by atoms with Crippen molar-refractivity contribution in [2.45, 2.75) is 65.6 Å². The lowest BCUT2D eigenvalue weighted by atomic mass is 10.2. The van der Waals surface area contributed by atoms with Crippen molar-refractivity contribution in [1.82, 2.24) is 0 Å². The van der Waals surface area contributed by atoms with Crippen molar-refractivity contribution in [1.29, 1.82) is 0 Å². The first kappa shape index (κ1) is 12.7. The Hall–Kier alpha value is -0.300. The SMILES string of the molecule is CC/C=C/CC.CCC1OC1CC. The Morgan fingerprint density at radius 1 is 0.846 bits per heavy atom. The van der Waals surface area contributed by atoms with Crippen molar-refractivity contribution in [3.8, 4) is 0 Å². The van der Waals surface area contributed by atoms with Gasteiger partial charge < -0.3 is 4.74 Å². The van der Waals surface area contributed by atoms with Crippen molar-refractivity contribution < 1.29 is 4.74 Å². The smallest absolute Gasteiger partial charge is 0.0839 e. The Labute approximate surface area is 83.2 Å². The Morgan fingerprint density at radius 2 is 1.23 bits per heavy atom. The van der Waals surface area contributed by atoms with Gasteiger partial charge in [0.2, 0.25) is 0 Å². The molecule has 1 heterocycles. The lowest BCUT2D eigenvalue weighted by Crippen LogP contribution is -1.87. The minimum atomic E-state index is 0.616. The van der Waals surface area contributed by atoms with Crippen LogP contribution in [-0.2, 0) is 4.74 Å². The zero-order valence-corrected chi connectivity index (χ0v) is 9.55. The third-order valence-corrected chi connectivity index (χ3v) is 2.13. The molecule has 0 spiro atoms. The lowest BCUT2D eigenvalue weighted by Gasteiger charge is -1.77. The van der Waals surface area contributed by atoms with Crippen LogP contribution >= 0.6 is 0 Å². The normalized spacial score (nSPS) is 25.5. The van der Waals surface area contributed by atoms with Crippen LogP contribution in [0.3, 0.4) is 0 Å². The summed E-state index contributed by atoms with van der Waals surface area (Å²) in [5.41, 5.74) is 0. The van der Waals surface area contributed by atoms with Gasteiger partial charge in [0, 0.05) is 0 Å². The predicted molar refractivity (Wildman–Crippen MR) is 59.0 cm³/mol. The molecule has 1 heteroatoms. The van der Waals surface area contributed by atoms with Crippen molar-refractivity contribution in [3.05, 3.63) is 12.2 Å². The second kappa shape index (κ2) is 8.31. The molecule has 0 saturated carbocycles. The van der Waals surface area contributed by atoms with Crippen molar-refractivity contribution in [2.75, 3.05) is 0 Å². The molecule has 0 aromatic rings. The summed E-state index contributed by atoms with van der Waals surface area (Å²) in [6, 6.07) is 0. The highest BCUT2D eigenvalue weighted by molar-refractivity contribution is 4.81. The first-order chi connectivity index (χ1) is 6.29. The Balaban J connectivity index is 0.000000226. The number of epoxide rings is 1. The van der Waals surface area contributed by atoms with Crippen LogP contribution in [0.25, 0.3) is 0 Å². The van der Waals surface area contributed by atoms with Crippen molar-refractivity contribution in [2.24, 2.45) is 0 Å². The van der Waals surface area contributed by atoms with Gasteiger partial charge >= 0.3 is 0 Å². The molecule has 13 heavy (non-hydrogen) atoms. The zero-order valence-electron chi connectivity index (χ0n) is 9.55. The lowest BCUT2D eigenvalue weighted by molar-refractivity contribution is 0.363. The van der Waals surface area contributed by atoms with Crippen LogP contribution in [0.15, 0.2) is 12.2 Å². The standard InChI is InChI=1S/C6H12O.C6H12/c1-3-5-6(4-2)7-5;1-3-5-6-4-2/h5-6H,3-4H2,1-2H3;5-6H,3-4H2,1-2H3/b;6-5+. The van der Waals surface area contributed by atoms with E-state index in [1.165, 1.54) is 25.7 Å². The highest BCUT2D eigenvalue weighted by Crippen LogP contribution is 2.26. The van der Waals surface area contributed by atoms with Gasteiger partial charge in [0.1, 0.15) is 0 Å². The molecule has 1 aliphatic heterocycles. The summed E-state index contributed by atoms with van der Waals surface area (Å²) in [6.45, 7) is 8.62. The molecule has 0 aromatic carbocycles. The molecule has 1 nitrogen and oxygen atoms in total. The number of rotatable bonds is 4. The third-order valence-electron chi connectivity index (χ3n) is 2.13. The molecular weight excluding hydrogens is 160 g/mol. The van der Waals surface area contributed by atoms with Crippen molar-refractivity contribution >= 4 is 0 Å². The summed E-state index contributed by atoms with van der Waals surface area (Å²) >= 11 is 0. The van der Waals surface area contributed by atoms with Crippen LogP contribution in [0.4, 0.5) is 0 Å². The van der Waals surface area contributed by atoms with Crippen LogP contribution in [0.2, 0.25) is 0 Å². The minimum Gasteiger partial charge on any atom is -0.370 e. The van der Waals surface area contributed by atoms with Gasteiger partial charge in [0.15, 0.2) is 0 Å². The van der Waals surface area contributed by atoms with Gasteiger partial charge in [-0.2, -0.15) is 0 Å². The maximum Gasteiger partial charge on any atom is 0.0839 e. The van der Waals surface area contributed by atoms with E-state index >= 15 is 0 Å². The van der Waals surface area contributed by atoms with E-state index in [1.807, 2.05) is 0 Å². The zero-order chi connectivity index (χ0) is 10.1. The summed E-state index contributed by atoms with van der Waals surface area (Å²) in [5, 5.41) is 0. The van der Waals surface area contributed by atoms with Gasteiger partial charge in [0.05, 0.1) is 12.2 Å². The average Bonchev–Trinajstić information content (AvgIpc) is 2.94. The van der Waals surface area contributed by atoms with E-state index in [0.717, 1.165) is 0 Å². The largest absolute Gasteiger partial charge is 0.370 e.